The summed E-state index contributed by atoms with van der Waals surface area (Å²) in [5.74, 6) is -3.94. The molecule has 1 aliphatic heterocycles. The topological polar surface area (TPSA) is 93.2 Å². The molecule has 4 rings (SSSR count). The average Bonchev–Trinajstić information content (AvgIpc) is 3.32. The first-order valence-electron chi connectivity index (χ1n) is 10.1. The van der Waals surface area contributed by atoms with Crippen molar-refractivity contribution < 1.29 is 13.6 Å². The van der Waals surface area contributed by atoms with Gasteiger partial charge in [-0.2, -0.15) is 15.0 Å². The van der Waals surface area contributed by atoms with Crippen LogP contribution in [0.1, 0.15) is 23.7 Å². The fourth-order valence-corrected chi connectivity index (χ4v) is 4.01. The molecule has 12 heteroatoms. The minimum Gasteiger partial charge on any atom is -0.352 e. The first-order valence-corrected chi connectivity index (χ1v) is 10.4. The SMILES string of the molecule is [C-]#[N+]c1ccc(-n2nccn2)c(C(=O)N2CC(F)(F)C[C@@H](C)C2CNc2ncc(Cl)cn2)c1. The van der Waals surface area contributed by atoms with Crippen LogP contribution in [0.2, 0.25) is 5.02 Å². The molecule has 3 heterocycles. The third kappa shape index (κ3) is 4.90. The molecule has 2 aromatic heterocycles. The molecule has 33 heavy (non-hydrogen) atoms. The van der Waals surface area contributed by atoms with Crippen molar-refractivity contribution in [3.63, 3.8) is 0 Å². The van der Waals surface area contributed by atoms with Gasteiger partial charge in [-0.25, -0.2) is 23.6 Å². The number of likely N-dealkylation sites (tertiary alicyclic amines) is 1. The molecule has 0 aliphatic carbocycles. The number of nitrogens with one attached hydrogen (secondary N) is 1. The molecule has 9 nitrogen and oxygen atoms in total. The van der Waals surface area contributed by atoms with Crippen LogP contribution in [0.15, 0.2) is 43.0 Å². The van der Waals surface area contributed by atoms with Crippen molar-refractivity contribution in [1.82, 2.24) is 29.9 Å². The molecule has 1 amide bonds. The quantitative estimate of drug-likeness (QED) is 0.567. The van der Waals surface area contributed by atoms with Gasteiger partial charge in [-0.15, -0.1) is 0 Å². The van der Waals surface area contributed by atoms with Gasteiger partial charge >= 0.3 is 0 Å². The number of benzene rings is 1. The third-order valence-electron chi connectivity index (χ3n) is 5.40. The number of hydrogen-bond donors (Lipinski definition) is 1. The van der Waals surface area contributed by atoms with Crippen LogP contribution in [0.25, 0.3) is 10.5 Å². The van der Waals surface area contributed by atoms with Crippen molar-refractivity contribution in [2.75, 3.05) is 18.4 Å². The standard InChI is InChI=1S/C21H19ClF2N8O/c1-13-8-21(23,24)12-31(18(13)11-28-20-26-9-14(22)10-27-20)19(33)16-7-15(25-2)3-4-17(16)32-29-5-6-30-32/h3-7,9-10,13,18H,8,11-12H2,1H3,(H,26,27,28)/t13-,18?/m1/s1. The van der Waals surface area contributed by atoms with Gasteiger partial charge in [-0.1, -0.05) is 24.6 Å². The highest BCUT2D eigenvalue weighted by Crippen LogP contribution is 2.36. The summed E-state index contributed by atoms with van der Waals surface area (Å²) in [5.41, 5.74) is 0.569. The summed E-state index contributed by atoms with van der Waals surface area (Å²) in [6, 6.07) is 3.85. The molecular weight excluding hydrogens is 454 g/mol. The van der Waals surface area contributed by atoms with Gasteiger partial charge < -0.3 is 10.2 Å². The largest absolute Gasteiger partial charge is 0.352 e. The van der Waals surface area contributed by atoms with Crippen LogP contribution in [0.3, 0.4) is 0 Å². The zero-order valence-corrected chi connectivity index (χ0v) is 18.2. The molecule has 170 valence electrons. The van der Waals surface area contributed by atoms with E-state index in [1.807, 2.05) is 0 Å². The number of rotatable bonds is 5. The van der Waals surface area contributed by atoms with E-state index < -0.39 is 30.3 Å². The van der Waals surface area contributed by atoms with Crippen molar-refractivity contribution in [1.29, 1.82) is 0 Å². The predicted octanol–water partition coefficient (Wildman–Crippen LogP) is 3.86. The van der Waals surface area contributed by atoms with Crippen LogP contribution in [0.5, 0.6) is 0 Å². The molecule has 0 spiro atoms. The van der Waals surface area contributed by atoms with E-state index in [1.54, 1.807) is 6.92 Å². The minimum absolute atomic E-state index is 0.0670. The normalized spacial score (nSPS) is 19.7. The molecular formula is C21H19ClF2N8O. The van der Waals surface area contributed by atoms with E-state index >= 15 is 0 Å². The Morgan fingerprint density at radius 2 is 2.00 bits per heavy atom. The summed E-state index contributed by atoms with van der Waals surface area (Å²) >= 11 is 5.81. The van der Waals surface area contributed by atoms with Crippen LogP contribution in [0.4, 0.5) is 20.4 Å². The smallest absolute Gasteiger partial charge is 0.265 e. The maximum atomic E-state index is 14.5. The number of hydrogen-bond acceptors (Lipinski definition) is 6. The molecule has 0 saturated carbocycles. The van der Waals surface area contributed by atoms with Gasteiger partial charge in [0.2, 0.25) is 5.95 Å². The van der Waals surface area contributed by atoms with E-state index in [2.05, 4.69) is 30.3 Å². The summed E-state index contributed by atoms with van der Waals surface area (Å²) in [6.45, 7) is 8.37. The monoisotopic (exact) mass is 472 g/mol. The highest BCUT2D eigenvalue weighted by atomic mass is 35.5. The molecule has 1 unspecified atom stereocenters. The van der Waals surface area contributed by atoms with Gasteiger partial charge in [0.25, 0.3) is 11.8 Å². The molecule has 3 aromatic rings. The molecule has 1 fully saturated rings. The average molecular weight is 473 g/mol. The Labute approximate surface area is 193 Å². The number of alkyl halides is 2. The number of halogens is 3. The molecule has 0 bridgehead atoms. The van der Waals surface area contributed by atoms with Crippen LogP contribution in [0, 0.1) is 12.5 Å². The van der Waals surface area contributed by atoms with E-state index in [9.17, 15) is 13.6 Å². The van der Waals surface area contributed by atoms with Crippen LogP contribution < -0.4 is 5.32 Å². The van der Waals surface area contributed by atoms with E-state index in [0.717, 1.165) is 4.90 Å². The van der Waals surface area contributed by atoms with E-state index in [4.69, 9.17) is 18.2 Å². The fraction of sp³-hybridized carbons (Fsp3) is 0.333. The molecule has 1 aliphatic rings. The zero-order valence-electron chi connectivity index (χ0n) is 17.5. The maximum Gasteiger partial charge on any atom is 0.265 e. The summed E-state index contributed by atoms with van der Waals surface area (Å²) in [7, 11) is 0. The van der Waals surface area contributed by atoms with E-state index in [0.29, 0.717) is 10.7 Å². The highest BCUT2D eigenvalue weighted by Gasteiger charge is 2.46. The van der Waals surface area contributed by atoms with Crippen LogP contribution in [-0.4, -0.2) is 60.8 Å². The van der Waals surface area contributed by atoms with Crippen LogP contribution in [-0.2, 0) is 0 Å². The maximum absolute atomic E-state index is 14.5. The van der Waals surface area contributed by atoms with Gasteiger partial charge in [0.1, 0.15) is 0 Å². The minimum atomic E-state index is -3.05. The van der Waals surface area contributed by atoms with Gasteiger partial charge in [-0.05, 0) is 18.1 Å². The molecule has 1 saturated heterocycles. The number of piperidine rings is 1. The molecule has 0 radical (unpaired) electrons. The van der Waals surface area contributed by atoms with E-state index in [1.165, 1.54) is 47.8 Å². The Morgan fingerprint density at radius 3 is 2.67 bits per heavy atom. The number of aromatic nitrogens is 5. The molecule has 2 atom stereocenters. The van der Waals surface area contributed by atoms with Crippen molar-refractivity contribution in [2.45, 2.75) is 25.3 Å². The summed E-state index contributed by atoms with van der Waals surface area (Å²) < 4.78 is 29.1. The molecule has 1 aromatic carbocycles. The fourth-order valence-electron chi connectivity index (χ4n) is 3.91. The predicted molar refractivity (Wildman–Crippen MR) is 117 cm³/mol. The molecule has 1 N–H and O–H groups in total. The number of nitrogens with zero attached hydrogens (tertiary/aromatic N) is 7. The Hall–Kier alpha value is -3.65. The van der Waals surface area contributed by atoms with Gasteiger partial charge in [0, 0.05) is 13.0 Å². The van der Waals surface area contributed by atoms with Crippen molar-refractivity contribution >= 4 is 29.1 Å². The van der Waals surface area contributed by atoms with Crippen molar-refractivity contribution in [3.05, 3.63) is 65.0 Å². The van der Waals surface area contributed by atoms with Gasteiger partial charge in [0.15, 0.2) is 5.69 Å². The lowest BCUT2D eigenvalue weighted by Crippen LogP contribution is -2.57. The Balaban J connectivity index is 1.68. The highest BCUT2D eigenvalue weighted by molar-refractivity contribution is 6.30. The number of carbonyl (C=O) groups is 1. The lowest BCUT2D eigenvalue weighted by atomic mass is 9.87. The Morgan fingerprint density at radius 1 is 1.30 bits per heavy atom. The number of anilines is 1. The van der Waals surface area contributed by atoms with Gasteiger partial charge in [0.05, 0.1) is 60.2 Å². The first kappa shape index (κ1) is 22.5. The third-order valence-corrected chi connectivity index (χ3v) is 5.60. The second-order valence-corrected chi connectivity index (χ2v) is 8.21. The summed E-state index contributed by atoms with van der Waals surface area (Å²) in [4.78, 5) is 27.5. The summed E-state index contributed by atoms with van der Waals surface area (Å²) in [5, 5.41) is 11.5. The lowest BCUT2D eigenvalue weighted by Gasteiger charge is -2.43. The summed E-state index contributed by atoms with van der Waals surface area (Å²) in [6.07, 6.45) is 5.34. The Bertz CT molecular complexity index is 1180. The van der Waals surface area contributed by atoms with E-state index in [-0.39, 0.29) is 30.2 Å². The van der Waals surface area contributed by atoms with Crippen molar-refractivity contribution in [3.8, 4) is 5.69 Å². The first-order chi connectivity index (χ1) is 15.8. The lowest BCUT2D eigenvalue weighted by molar-refractivity contribution is -0.0897. The number of amides is 1. The van der Waals surface area contributed by atoms with Gasteiger partial charge in [-0.3, -0.25) is 4.79 Å². The van der Waals surface area contributed by atoms with Crippen molar-refractivity contribution in [2.24, 2.45) is 5.92 Å². The second-order valence-electron chi connectivity index (χ2n) is 7.78. The number of carbonyl (C=O) groups excluding carboxylic acids is 1. The van der Waals surface area contributed by atoms with Crippen LogP contribution >= 0.6 is 11.6 Å². The second kappa shape index (κ2) is 9.07. The zero-order chi connectivity index (χ0) is 23.6. The Kier molecular flexibility index (Phi) is 6.20.